The predicted molar refractivity (Wildman–Crippen MR) is 108 cm³/mol. The zero-order valence-electron chi connectivity index (χ0n) is 16.3. The van der Waals surface area contributed by atoms with E-state index in [4.69, 9.17) is 13.9 Å². The number of nitro groups is 1. The van der Waals surface area contributed by atoms with E-state index in [1.165, 1.54) is 7.11 Å². The van der Waals surface area contributed by atoms with Crippen molar-refractivity contribution in [1.82, 2.24) is 0 Å². The molecule has 1 saturated carbocycles. The molecule has 1 unspecified atom stereocenters. The predicted octanol–water partition coefficient (Wildman–Crippen LogP) is 4.83. The molecule has 7 nitrogen and oxygen atoms in total. The van der Waals surface area contributed by atoms with Crippen LogP contribution in [-0.2, 0) is 9.53 Å². The summed E-state index contributed by atoms with van der Waals surface area (Å²) in [6.45, 7) is -0.369. The smallest absolute Gasteiger partial charge is 0.306 e. The minimum Gasteiger partial charge on any atom is -0.486 e. The second-order valence-electron chi connectivity index (χ2n) is 7.47. The van der Waals surface area contributed by atoms with Gasteiger partial charge in [0, 0.05) is 15.7 Å². The van der Waals surface area contributed by atoms with Gasteiger partial charge in [-0.15, -0.1) is 0 Å². The molecule has 0 saturated heterocycles. The van der Waals surface area contributed by atoms with Crippen molar-refractivity contribution >= 4 is 27.9 Å². The van der Waals surface area contributed by atoms with Crippen molar-refractivity contribution in [2.24, 2.45) is 0 Å². The molecule has 0 spiro atoms. The van der Waals surface area contributed by atoms with Crippen LogP contribution in [0.25, 0.3) is 21.9 Å². The maximum absolute atomic E-state index is 11.9. The molecule has 1 heterocycles. The summed E-state index contributed by atoms with van der Waals surface area (Å²) in [5.41, 5.74) is 1.96. The normalized spacial score (nSPS) is 15.6. The fourth-order valence-corrected chi connectivity index (χ4v) is 4.19. The van der Waals surface area contributed by atoms with Crippen LogP contribution in [0, 0.1) is 10.1 Å². The summed E-state index contributed by atoms with van der Waals surface area (Å²) >= 11 is 0. The summed E-state index contributed by atoms with van der Waals surface area (Å²) in [5, 5.41) is 12.9. The van der Waals surface area contributed by atoms with Crippen molar-refractivity contribution in [3.63, 3.8) is 0 Å². The maximum atomic E-state index is 11.9. The standard InChI is InChI=1S/C22H23NO6/c1-27-20(24)12-14(13-23(25)26)16-10-11-19(28-15-6-2-3-7-15)22-21(16)17-8-4-5-9-18(17)29-22/h4-5,8-11,14-15H,2-3,6-7,12-13H2,1H3. The van der Waals surface area contributed by atoms with Gasteiger partial charge in [0.05, 0.1) is 25.6 Å². The first-order valence-corrected chi connectivity index (χ1v) is 9.86. The summed E-state index contributed by atoms with van der Waals surface area (Å²) in [7, 11) is 1.28. The molecule has 7 heteroatoms. The van der Waals surface area contributed by atoms with E-state index in [0.29, 0.717) is 22.5 Å². The highest BCUT2D eigenvalue weighted by Crippen LogP contribution is 2.41. The molecule has 4 rings (SSSR count). The number of carbonyl (C=O) groups excluding carboxylic acids is 1. The van der Waals surface area contributed by atoms with E-state index >= 15 is 0 Å². The number of nitrogens with zero attached hydrogens (tertiary/aromatic N) is 1. The second-order valence-corrected chi connectivity index (χ2v) is 7.47. The van der Waals surface area contributed by atoms with E-state index in [2.05, 4.69) is 0 Å². The lowest BCUT2D eigenvalue weighted by atomic mass is 9.91. The van der Waals surface area contributed by atoms with Gasteiger partial charge in [-0.05, 0) is 43.4 Å². The number of para-hydroxylation sites is 1. The Morgan fingerprint density at radius 3 is 2.72 bits per heavy atom. The fourth-order valence-electron chi connectivity index (χ4n) is 4.19. The Morgan fingerprint density at radius 2 is 2.00 bits per heavy atom. The topological polar surface area (TPSA) is 91.8 Å². The number of hydrogen-bond acceptors (Lipinski definition) is 6. The van der Waals surface area contributed by atoms with Crippen LogP contribution >= 0.6 is 0 Å². The summed E-state index contributed by atoms with van der Waals surface area (Å²) in [4.78, 5) is 22.8. The molecular weight excluding hydrogens is 374 g/mol. The van der Waals surface area contributed by atoms with Crippen LogP contribution < -0.4 is 4.74 Å². The fraction of sp³-hybridized carbons (Fsp3) is 0.409. The minimum atomic E-state index is -0.624. The Balaban J connectivity index is 1.86. The highest BCUT2D eigenvalue weighted by molar-refractivity contribution is 6.09. The lowest BCUT2D eigenvalue weighted by molar-refractivity contribution is -0.483. The zero-order valence-corrected chi connectivity index (χ0v) is 16.3. The van der Waals surface area contributed by atoms with Crippen LogP contribution in [-0.4, -0.2) is 30.7 Å². The number of hydrogen-bond donors (Lipinski definition) is 0. The summed E-state index contributed by atoms with van der Waals surface area (Å²) in [5.74, 6) is -0.463. The van der Waals surface area contributed by atoms with Crippen molar-refractivity contribution < 1.29 is 23.6 Å². The first-order valence-electron chi connectivity index (χ1n) is 9.86. The zero-order chi connectivity index (χ0) is 20.4. The van der Waals surface area contributed by atoms with Crippen molar-refractivity contribution in [2.45, 2.75) is 44.1 Å². The number of fused-ring (bicyclic) bond motifs is 3. The van der Waals surface area contributed by atoms with Gasteiger partial charge in [-0.25, -0.2) is 0 Å². The molecule has 1 aliphatic rings. The number of furan rings is 1. The largest absolute Gasteiger partial charge is 0.486 e. The Kier molecular flexibility index (Phi) is 5.38. The lowest BCUT2D eigenvalue weighted by Gasteiger charge is -2.17. The molecule has 2 aromatic carbocycles. The molecule has 0 radical (unpaired) electrons. The maximum Gasteiger partial charge on any atom is 0.306 e. The van der Waals surface area contributed by atoms with E-state index in [-0.39, 0.29) is 19.1 Å². The number of rotatable bonds is 7. The quantitative estimate of drug-likeness (QED) is 0.322. The van der Waals surface area contributed by atoms with Crippen LogP contribution in [0.2, 0.25) is 0 Å². The van der Waals surface area contributed by atoms with Crippen LogP contribution in [0.5, 0.6) is 5.75 Å². The summed E-state index contributed by atoms with van der Waals surface area (Å²) in [6, 6.07) is 11.2. The molecule has 0 amide bonds. The molecule has 0 N–H and O–H groups in total. The second kappa shape index (κ2) is 8.11. The Bertz CT molecular complexity index is 1050. The molecule has 1 aromatic heterocycles. The Hall–Kier alpha value is -3.09. The van der Waals surface area contributed by atoms with Gasteiger partial charge in [-0.1, -0.05) is 24.3 Å². The van der Waals surface area contributed by atoms with Gasteiger partial charge < -0.3 is 13.9 Å². The molecule has 1 fully saturated rings. The van der Waals surface area contributed by atoms with Crippen molar-refractivity contribution in [2.75, 3.05) is 13.7 Å². The average Bonchev–Trinajstić information content (AvgIpc) is 3.35. The van der Waals surface area contributed by atoms with E-state index < -0.39 is 16.8 Å². The number of benzene rings is 2. The van der Waals surface area contributed by atoms with Crippen molar-refractivity contribution in [1.29, 1.82) is 0 Å². The average molecular weight is 397 g/mol. The molecule has 1 atom stereocenters. The molecular formula is C22H23NO6. The Labute approximate surface area is 167 Å². The van der Waals surface area contributed by atoms with Gasteiger partial charge >= 0.3 is 5.97 Å². The molecule has 1 aliphatic carbocycles. The molecule has 3 aromatic rings. The molecule has 152 valence electrons. The minimum absolute atomic E-state index is 0.0745. The van der Waals surface area contributed by atoms with Gasteiger partial charge in [-0.2, -0.15) is 0 Å². The third-order valence-electron chi connectivity index (χ3n) is 5.57. The number of ether oxygens (including phenoxy) is 2. The first-order chi connectivity index (χ1) is 14.1. The third-order valence-corrected chi connectivity index (χ3v) is 5.57. The van der Waals surface area contributed by atoms with Gasteiger partial charge in [0.1, 0.15) is 5.58 Å². The summed E-state index contributed by atoms with van der Waals surface area (Å²) < 4.78 is 17.1. The van der Waals surface area contributed by atoms with Gasteiger partial charge in [0.25, 0.3) is 0 Å². The SMILES string of the molecule is COC(=O)CC(C[N+](=O)[O-])c1ccc(OC2CCCC2)c2oc3ccccc3c12. The van der Waals surface area contributed by atoms with Gasteiger partial charge in [0.2, 0.25) is 6.54 Å². The third kappa shape index (κ3) is 3.90. The van der Waals surface area contributed by atoms with Crippen LogP contribution in [0.1, 0.15) is 43.6 Å². The van der Waals surface area contributed by atoms with Crippen LogP contribution in [0.3, 0.4) is 0 Å². The van der Waals surface area contributed by atoms with E-state index in [1.54, 1.807) is 0 Å². The highest BCUT2D eigenvalue weighted by Gasteiger charge is 2.28. The van der Waals surface area contributed by atoms with E-state index in [1.807, 2.05) is 36.4 Å². The Morgan fingerprint density at radius 1 is 1.24 bits per heavy atom. The van der Waals surface area contributed by atoms with Crippen LogP contribution in [0.4, 0.5) is 0 Å². The number of esters is 1. The van der Waals surface area contributed by atoms with E-state index in [0.717, 1.165) is 36.5 Å². The first kappa shape index (κ1) is 19.2. The lowest BCUT2D eigenvalue weighted by Crippen LogP contribution is -2.18. The molecule has 0 aliphatic heterocycles. The van der Waals surface area contributed by atoms with Gasteiger partial charge in [-0.3, -0.25) is 14.9 Å². The number of methoxy groups -OCH3 is 1. The summed E-state index contributed by atoms with van der Waals surface area (Å²) in [6.07, 6.45) is 4.40. The van der Waals surface area contributed by atoms with Crippen molar-refractivity contribution in [3.05, 3.63) is 52.1 Å². The number of carbonyl (C=O) groups is 1. The van der Waals surface area contributed by atoms with E-state index in [9.17, 15) is 14.9 Å². The monoisotopic (exact) mass is 397 g/mol. The van der Waals surface area contributed by atoms with Crippen molar-refractivity contribution in [3.8, 4) is 5.75 Å². The van der Waals surface area contributed by atoms with Crippen LogP contribution in [0.15, 0.2) is 40.8 Å². The molecule has 29 heavy (non-hydrogen) atoms. The van der Waals surface area contributed by atoms with Gasteiger partial charge in [0.15, 0.2) is 11.3 Å². The highest BCUT2D eigenvalue weighted by atomic mass is 16.6. The molecule has 0 bridgehead atoms.